The predicted octanol–water partition coefficient (Wildman–Crippen LogP) is 3.25. The third kappa shape index (κ3) is 5.58. The van der Waals surface area contributed by atoms with Crippen LogP contribution in [0.2, 0.25) is 0 Å². The number of halogens is 2. The van der Waals surface area contributed by atoms with Crippen LogP contribution in [0.1, 0.15) is 12.6 Å². The van der Waals surface area contributed by atoms with Crippen LogP contribution in [0, 0.1) is 11.6 Å². The van der Waals surface area contributed by atoms with Gasteiger partial charge < -0.3 is 4.74 Å². The van der Waals surface area contributed by atoms with Gasteiger partial charge >= 0.3 is 0 Å². The first kappa shape index (κ1) is 20.4. The lowest BCUT2D eigenvalue weighted by molar-refractivity contribution is -0.132. The number of benzene rings is 2. The highest BCUT2D eigenvalue weighted by Crippen LogP contribution is 2.24. The molecule has 0 aliphatic heterocycles. The second-order valence-corrected chi connectivity index (χ2v) is 6.91. The number of hydrazine groups is 1. The Balaban J connectivity index is 1.49. The molecular weight excluding hydrogens is 400 g/mol. The third-order valence-electron chi connectivity index (χ3n) is 3.82. The standard InChI is InChI=1S/C20H17F2N3O3S/c1-12(28-17-5-3-2-4-16(17)22)19(27)25-24-18(26)10-15-11-29-20(23-15)13-6-8-14(21)9-7-13/h2-9,11-12H,10H2,1H3,(H,24,26)(H,25,27)/t12-/m1/s1. The van der Waals surface area contributed by atoms with Crippen LogP contribution in [0.4, 0.5) is 8.78 Å². The Morgan fingerprint density at radius 1 is 1.10 bits per heavy atom. The first-order valence-electron chi connectivity index (χ1n) is 8.62. The van der Waals surface area contributed by atoms with Crippen molar-refractivity contribution in [2.75, 3.05) is 0 Å². The fourth-order valence-electron chi connectivity index (χ4n) is 2.34. The molecule has 0 radical (unpaired) electrons. The zero-order chi connectivity index (χ0) is 20.8. The van der Waals surface area contributed by atoms with Crippen molar-refractivity contribution < 1.29 is 23.1 Å². The average molecular weight is 417 g/mol. The average Bonchev–Trinajstić information content (AvgIpc) is 3.16. The summed E-state index contributed by atoms with van der Waals surface area (Å²) in [5, 5.41) is 2.37. The van der Waals surface area contributed by atoms with Gasteiger partial charge in [0.15, 0.2) is 17.7 Å². The molecule has 150 valence electrons. The Bertz CT molecular complexity index is 1010. The number of carbonyl (C=O) groups excluding carboxylic acids is 2. The van der Waals surface area contributed by atoms with Crippen molar-refractivity contribution in [3.05, 3.63) is 71.2 Å². The lowest BCUT2D eigenvalue weighted by Crippen LogP contribution is -2.47. The minimum absolute atomic E-state index is 0.0550. The number of nitrogens with one attached hydrogen (secondary N) is 2. The Hall–Kier alpha value is -3.33. The Labute approximate surface area is 169 Å². The Morgan fingerprint density at radius 3 is 2.55 bits per heavy atom. The van der Waals surface area contributed by atoms with Crippen LogP contribution in [-0.2, 0) is 16.0 Å². The first-order chi connectivity index (χ1) is 13.9. The summed E-state index contributed by atoms with van der Waals surface area (Å²) in [5.41, 5.74) is 5.76. The van der Waals surface area contributed by atoms with E-state index >= 15 is 0 Å². The summed E-state index contributed by atoms with van der Waals surface area (Å²) in [6.45, 7) is 1.43. The lowest BCUT2D eigenvalue weighted by Gasteiger charge is -2.15. The highest BCUT2D eigenvalue weighted by molar-refractivity contribution is 7.13. The maximum atomic E-state index is 13.6. The third-order valence-corrected chi connectivity index (χ3v) is 4.76. The van der Waals surface area contributed by atoms with E-state index in [9.17, 15) is 18.4 Å². The molecule has 0 unspecified atom stereocenters. The van der Waals surface area contributed by atoms with E-state index in [0.29, 0.717) is 10.7 Å². The molecule has 0 aliphatic rings. The van der Waals surface area contributed by atoms with Crippen LogP contribution in [0.15, 0.2) is 53.9 Å². The van der Waals surface area contributed by atoms with E-state index in [1.54, 1.807) is 23.6 Å². The van der Waals surface area contributed by atoms with Gasteiger partial charge in [-0.25, -0.2) is 13.8 Å². The molecule has 0 spiro atoms. The van der Waals surface area contributed by atoms with Gasteiger partial charge in [0.2, 0.25) is 5.91 Å². The summed E-state index contributed by atoms with van der Waals surface area (Å²) in [5.74, 6) is -2.10. The minimum atomic E-state index is -1.02. The number of rotatable bonds is 6. The molecule has 3 rings (SSSR count). The maximum absolute atomic E-state index is 13.6. The first-order valence-corrected chi connectivity index (χ1v) is 9.50. The van der Waals surface area contributed by atoms with Gasteiger partial charge in [0.1, 0.15) is 10.8 Å². The van der Waals surface area contributed by atoms with E-state index in [-0.39, 0.29) is 18.0 Å². The van der Waals surface area contributed by atoms with Gasteiger partial charge in [-0.3, -0.25) is 20.4 Å². The fourth-order valence-corrected chi connectivity index (χ4v) is 3.16. The molecule has 2 N–H and O–H groups in total. The highest BCUT2D eigenvalue weighted by atomic mass is 32.1. The second-order valence-electron chi connectivity index (χ2n) is 6.06. The van der Waals surface area contributed by atoms with Crippen molar-refractivity contribution in [3.8, 4) is 16.3 Å². The van der Waals surface area contributed by atoms with Gasteiger partial charge in [0.05, 0.1) is 12.1 Å². The summed E-state index contributed by atoms with van der Waals surface area (Å²) >= 11 is 1.33. The molecule has 0 saturated carbocycles. The van der Waals surface area contributed by atoms with E-state index in [2.05, 4.69) is 15.8 Å². The summed E-state index contributed by atoms with van der Waals surface area (Å²) in [6.07, 6.45) is -1.07. The van der Waals surface area contributed by atoms with E-state index < -0.39 is 23.7 Å². The Morgan fingerprint density at radius 2 is 1.83 bits per heavy atom. The molecule has 29 heavy (non-hydrogen) atoms. The van der Waals surface area contributed by atoms with Gasteiger partial charge in [-0.1, -0.05) is 12.1 Å². The van der Waals surface area contributed by atoms with Crippen LogP contribution in [-0.4, -0.2) is 22.9 Å². The summed E-state index contributed by atoms with van der Waals surface area (Å²) in [6, 6.07) is 11.6. The maximum Gasteiger partial charge on any atom is 0.279 e. The SMILES string of the molecule is C[C@@H](Oc1ccccc1F)C(=O)NNC(=O)Cc1csc(-c2ccc(F)cc2)n1. The minimum Gasteiger partial charge on any atom is -0.478 e. The van der Waals surface area contributed by atoms with Crippen molar-refractivity contribution in [2.24, 2.45) is 0 Å². The number of aromatic nitrogens is 1. The smallest absolute Gasteiger partial charge is 0.279 e. The molecule has 1 atom stereocenters. The molecule has 3 aromatic rings. The number of para-hydroxylation sites is 1. The lowest BCUT2D eigenvalue weighted by atomic mass is 10.2. The quantitative estimate of drug-likeness (QED) is 0.604. The molecule has 6 nitrogen and oxygen atoms in total. The van der Waals surface area contributed by atoms with Crippen molar-refractivity contribution in [1.29, 1.82) is 0 Å². The number of thiazole rings is 1. The molecule has 0 fully saturated rings. The van der Waals surface area contributed by atoms with Crippen molar-refractivity contribution in [3.63, 3.8) is 0 Å². The molecule has 2 aromatic carbocycles. The van der Waals surface area contributed by atoms with Gasteiger partial charge in [-0.05, 0) is 43.3 Å². The summed E-state index contributed by atoms with van der Waals surface area (Å²) < 4.78 is 31.8. The number of carbonyl (C=O) groups is 2. The summed E-state index contributed by atoms with van der Waals surface area (Å²) in [4.78, 5) is 28.4. The van der Waals surface area contributed by atoms with Gasteiger partial charge in [-0.2, -0.15) is 0 Å². The van der Waals surface area contributed by atoms with Crippen molar-refractivity contribution >= 4 is 23.2 Å². The van der Waals surface area contributed by atoms with E-state index in [0.717, 1.165) is 5.56 Å². The van der Waals surface area contributed by atoms with Crippen LogP contribution >= 0.6 is 11.3 Å². The van der Waals surface area contributed by atoms with Gasteiger partial charge in [-0.15, -0.1) is 11.3 Å². The van der Waals surface area contributed by atoms with Gasteiger partial charge in [0, 0.05) is 10.9 Å². The van der Waals surface area contributed by atoms with Crippen molar-refractivity contribution in [2.45, 2.75) is 19.4 Å². The van der Waals surface area contributed by atoms with E-state index in [4.69, 9.17) is 4.74 Å². The normalized spacial score (nSPS) is 11.6. The van der Waals surface area contributed by atoms with E-state index in [1.165, 1.54) is 48.6 Å². The number of ether oxygens (including phenoxy) is 1. The zero-order valence-corrected chi connectivity index (χ0v) is 16.1. The Kier molecular flexibility index (Phi) is 6.50. The predicted molar refractivity (Wildman–Crippen MR) is 104 cm³/mol. The number of amides is 2. The van der Waals surface area contributed by atoms with Crippen molar-refractivity contribution in [1.82, 2.24) is 15.8 Å². The highest BCUT2D eigenvalue weighted by Gasteiger charge is 2.17. The van der Waals surface area contributed by atoms with E-state index in [1.807, 2.05) is 0 Å². The molecule has 1 aromatic heterocycles. The molecule has 2 amide bonds. The number of hydrogen-bond donors (Lipinski definition) is 2. The largest absolute Gasteiger partial charge is 0.478 e. The summed E-state index contributed by atoms with van der Waals surface area (Å²) in [7, 11) is 0. The van der Waals surface area contributed by atoms with Crippen LogP contribution in [0.3, 0.4) is 0 Å². The van der Waals surface area contributed by atoms with Gasteiger partial charge in [0.25, 0.3) is 5.91 Å². The van der Waals surface area contributed by atoms with Crippen LogP contribution < -0.4 is 15.6 Å². The number of hydrogen-bond acceptors (Lipinski definition) is 5. The molecular formula is C20H17F2N3O3S. The molecule has 1 heterocycles. The number of nitrogens with zero attached hydrogens (tertiary/aromatic N) is 1. The fraction of sp³-hybridized carbons (Fsp3) is 0.150. The van der Waals surface area contributed by atoms with Crippen LogP contribution in [0.5, 0.6) is 5.75 Å². The molecule has 0 saturated heterocycles. The zero-order valence-electron chi connectivity index (χ0n) is 15.3. The molecule has 0 aliphatic carbocycles. The van der Waals surface area contributed by atoms with Crippen LogP contribution in [0.25, 0.3) is 10.6 Å². The monoisotopic (exact) mass is 417 g/mol. The topological polar surface area (TPSA) is 80.3 Å². The molecule has 9 heteroatoms. The second kappa shape index (κ2) is 9.24. The molecule has 0 bridgehead atoms.